The summed E-state index contributed by atoms with van der Waals surface area (Å²) in [4.78, 5) is 37.3. The molecule has 3 aromatic rings. The number of hydrogen-bond acceptors (Lipinski definition) is 6. The van der Waals surface area contributed by atoms with Crippen LogP contribution in [0.4, 0.5) is 41.1 Å². The van der Waals surface area contributed by atoms with E-state index in [9.17, 15) is 22.8 Å². The van der Waals surface area contributed by atoms with E-state index >= 15 is 0 Å². The Bertz CT molecular complexity index is 1310. The first-order valence-corrected chi connectivity index (χ1v) is 10.9. The van der Waals surface area contributed by atoms with E-state index in [1.54, 1.807) is 38.4 Å². The first-order chi connectivity index (χ1) is 17.1. The summed E-state index contributed by atoms with van der Waals surface area (Å²) in [6.45, 7) is 2.14. The molecule has 0 saturated carbocycles. The van der Waals surface area contributed by atoms with E-state index in [-0.39, 0.29) is 37.2 Å². The van der Waals surface area contributed by atoms with Crippen molar-refractivity contribution in [3.8, 4) is 0 Å². The number of nitrogens with zero attached hydrogens (tertiary/aromatic N) is 4. The van der Waals surface area contributed by atoms with Crippen LogP contribution in [0.5, 0.6) is 0 Å². The van der Waals surface area contributed by atoms with Gasteiger partial charge in [-0.25, -0.2) is 9.78 Å². The predicted molar refractivity (Wildman–Crippen MR) is 128 cm³/mol. The number of hydrogen-bond donors (Lipinski definition) is 3. The summed E-state index contributed by atoms with van der Waals surface area (Å²) in [7, 11) is 1.57. The summed E-state index contributed by atoms with van der Waals surface area (Å²) >= 11 is 0. The van der Waals surface area contributed by atoms with Gasteiger partial charge in [0.25, 0.3) is 5.91 Å². The first kappa shape index (κ1) is 24.9. The molecule has 0 fully saturated rings. The SMILES string of the molecule is Cc1ccc(NC(=O)c2cccc(C(F)(F)F)c2)cc1N1Cc2cnc(NCCO)nc2N(C)C1=O. The highest BCUT2D eigenvalue weighted by Gasteiger charge is 2.32. The highest BCUT2D eigenvalue weighted by Crippen LogP contribution is 2.33. The fraction of sp³-hybridized carbons (Fsp3) is 0.250. The molecule has 36 heavy (non-hydrogen) atoms. The maximum absolute atomic E-state index is 13.2. The molecule has 1 aromatic heterocycles. The number of carbonyl (C=O) groups is 2. The quantitative estimate of drug-likeness (QED) is 0.471. The molecule has 1 aliphatic rings. The second-order valence-electron chi connectivity index (χ2n) is 8.15. The molecule has 2 aromatic carbocycles. The Labute approximate surface area is 204 Å². The monoisotopic (exact) mass is 500 g/mol. The van der Waals surface area contributed by atoms with Gasteiger partial charge in [0.15, 0.2) is 0 Å². The number of fused-ring (bicyclic) bond motifs is 1. The second kappa shape index (κ2) is 9.82. The zero-order valence-electron chi connectivity index (χ0n) is 19.4. The van der Waals surface area contributed by atoms with E-state index in [2.05, 4.69) is 20.6 Å². The van der Waals surface area contributed by atoms with Crippen LogP contribution in [0.15, 0.2) is 48.7 Å². The lowest BCUT2D eigenvalue weighted by Crippen LogP contribution is -2.46. The number of anilines is 4. The van der Waals surface area contributed by atoms with Gasteiger partial charge in [0.1, 0.15) is 5.82 Å². The van der Waals surface area contributed by atoms with Gasteiger partial charge in [0.05, 0.1) is 24.4 Å². The van der Waals surface area contributed by atoms with Crippen LogP contribution in [0.3, 0.4) is 0 Å². The Morgan fingerprint density at radius 1 is 1.19 bits per heavy atom. The highest BCUT2D eigenvalue weighted by atomic mass is 19.4. The van der Waals surface area contributed by atoms with Gasteiger partial charge < -0.3 is 15.7 Å². The number of carbonyl (C=O) groups excluding carboxylic acids is 2. The molecule has 0 unspecified atom stereocenters. The normalized spacial score (nSPS) is 13.4. The van der Waals surface area contributed by atoms with Crippen molar-refractivity contribution < 1.29 is 27.9 Å². The number of urea groups is 1. The molecular weight excluding hydrogens is 477 g/mol. The molecule has 3 amide bonds. The maximum atomic E-state index is 13.2. The van der Waals surface area contributed by atoms with Crippen molar-refractivity contribution in [3.05, 3.63) is 70.9 Å². The van der Waals surface area contributed by atoms with Crippen molar-refractivity contribution in [2.45, 2.75) is 19.6 Å². The van der Waals surface area contributed by atoms with Crippen molar-refractivity contribution in [2.24, 2.45) is 0 Å². The van der Waals surface area contributed by atoms with Gasteiger partial charge in [0.2, 0.25) is 5.95 Å². The standard InChI is InChI=1S/C24H23F3N6O3/c1-14-6-7-18(30-21(35)15-4-3-5-17(10-15)24(25,26)27)11-19(14)33-13-16-12-29-22(28-8-9-34)31-20(16)32(2)23(33)36/h3-7,10-12,34H,8-9,13H2,1-2H3,(H,30,35)(H,28,29,31). The van der Waals surface area contributed by atoms with E-state index in [0.717, 1.165) is 17.7 Å². The van der Waals surface area contributed by atoms with Crippen LogP contribution >= 0.6 is 0 Å². The third-order valence-electron chi connectivity index (χ3n) is 5.61. The van der Waals surface area contributed by atoms with Crippen LogP contribution < -0.4 is 20.4 Å². The largest absolute Gasteiger partial charge is 0.416 e. The lowest BCUT2D eigenvalue weighted by atomic mass is 10.1. The number of amides is 3. The van der Waals surface area contributed by atoms with Crippen LogP contribution in [0.2, 0.25) is 0 Å². The molecule has 9 nitrogen and oxygen atoms in total. The number of rotatable bonds is 6. The molecule has 12 heteroatoms. The Kier molecular flexibility index (Phi) is 6.80. The van der Waals surface area contributed by atoms with Gasteiger partial charge >= 0.3 is 12.2 Å². The lowest BCUT2D eigenvalue weighted by Gasteiger charge is -2.35. The van der Waals surface area contributed by atoms with E-state index in [0.29, 0.717) is 22.8 Å². The summed E-state index contributed by atoms with van der Waals surface area (Å²) in [5, 5.41) is 14.4. The van der Waals surface area contributed by atoms with Crippen molar-refractivity contribution in [1.82, 2.24) is 9.97 Å². The molecule has 0 saturated heterocycles. The minimum atomic E-state index is -4.57. The van der Waals surface area contributed by atoms with Crippen LogP contribution in [0.1, 0.15) is 27.0 Å². The summed E-state index contributed by atoms with van der Waals surface area (Å²) < 4.78 is 39.0. The number of halogens is 3. The molecule has 1 aliphatic heterocycles. The predicted octanol–water partition coefficient (Wildman–Crippen LogP) is 4.04. The average molecular weight is 500 g/mol. The smallest absolute Gasteiger partial charge is 0.395 e. The summed E-state index contributed by atoms with van der Waals surface area (Å²) in [6, 6.07) is 8.69. The molecular formula is C24H23F3N6O3. The summed E-state index contributed by atoms with van der Waals surface area (Å²) in [5.41, 5.74) is 1.21. The van der Waals surface area contributed by atoms with E-state index in [4.69, 9.17) is 5.11 Å². The van der Waals surface area contributed by atoms with Gasteiger partial charge in [0, 0.05) is 36.6 Å². The molecule has 2 heterocycles. The van der Waals surface area contributed by atoms with Crippen LogP contribution in [0.25, 0.3) is 0 Å². The van der Waals surface area contributed by atoms with Gasteiger partial charge in [-0.15, -0.1) is 0 Å². The van der Waals surface area contributed by atoms with Crippen molar-refractivity contribution >= 4 is 35.1 Å². The number of aliphatic hydroxyl groups is 1. The van der Waals surface area contributed by atoms with Crippen molar-refractivity contribution in [1.29, 1.82) is 0 Å². The Morgan fingerprint density at radius 2 is 1.97 bits per heavy atom. The fourth-order valence-electron chi connectivity index (χ4n) is 3.77. The van der Waals surface area contributed by atoms with E-state index in [1.807, 2.05) is 0 Å². The zero-order chi connectivity index (χ0) is 26.0. The number of aliphatic hydroxyl groups excluding tert-OH is 1. The van der Waals surface area contributed by atoms with Gasteiger partial charge in [-0.3, -0.25) is 14.6 Å². The Balaban J connectivity index is 1.58. The van der Waals surface area contributed by atoms with E-state index < -0.39 is 17.6 Å². The van der Waals surface area contributed by atoms with Crippen molar-refractivity contribution in [2.75, 3.05) is 40.6 Å². The molecule has 4 rings (SSSR count). The molecule has 0 atom stereocenters. The van der Waals surface area contributed by atoms with Crippen LogP contribution in [0, 0.1) is 6.92 Å². The first-order valence-electron chi connectivity index (χ1n) is 10.9. The van der Waals surface area contributed by atoms with Gasteiger partial charge in [-0.05, 0) is 42.8 Å². The molecule has 188 valence electrons. The molecule has 0 radical (unpaired) electrons. The fourth-order valence-corrected chi connectivity index (χ4v) is 3.77. The average Bonchev–Trinajstić information content (AvgIpc) is 2.86. The Morgan fingerprint density at radius 3 is 2.69 bits per heavy atom. The molecule has 0 aliphatic carbocycles. The van der Waals surface area contributed by atoms with E-state index in [1.165, 1.54) is 21.9 Å². The van der Waals surface area contributed by atoms with Crippen LogP contribution in [-0.2, 0) is 12.7 Å². The zero-order valence-corrected chi connectivity index (χ0v) is 19.4. The molecule has 0 spiro atoms. The third-order valence-corrected chi connectivity index (χ3v) is 5.61. The minimum Gasteiger partial charge on any atom is -0.395 e. The number of benzene rings is 2. The maximum Gasteiger partial charge on any atom is 0.416 e. The summed E-state index contributed by atoms with van der Waals surface area (Å²) in [5.74, 6) is 0.00405. The van der Waals surface area contributed by atoms with Gasteiger partial charge in [-0.2, -0.15) is 18.2 Å². The highest BCUT2D eigenvalue weighted by molar-refractivity contribution is 6.07. The molecule has 0 bridgehead atoms. The topological polar surface area (TPSA) is 111 Å². The molecule has 3 N–H and O–H groups in total. The number of aryl methyl sites for hydroxylation is 1. The number of aromatic nitrogens is 2. The van der Waals surface area contributed by atoms with Crippen molar-refractivity contribution in [3.63, 3.8) is 0 Å². The Hall–Kier alpha value is -4.19. The number of alkyl halides is 3. The third kappa shape index (κ3) is 5.08. The lowest BCUT2D eigenvalue weighted by molar-refractivity contribution is -0.137. The van der Waals surface area contributed by atoms with Crippen LogP contribution in [-0.4, -0.2) is 47.2 Å². The van der Waals surface area contributed by atoms with Gasteiger partial charge in [-0.1, -0.05) is 12.1 Å². The number of nitrogens with one attached hydrogen (secondary N) is 2. The summed E-state index contributed by atoms with van der Waals surface area (Å²) in [6.07, 6.45) is -2.98. The minimum absolute atomic E-state index is 0.0943. The second-order valence-corrected chi connectivity index (χ2v) is 8.15.